The van der Waals surface area contributed by atoms with E-state index in [9.17, 15) is 14.4 Å². The Bertz CT molecular complexity index is 614. The molecule has 0 saturated carbocycles. The number of esters is 1. The average Bonchev–Trinajstić information content (AvgIpc) is 3.33. The highest BCUT2D eigenvalue weighted by Crippen LogP contribution is 2.18. The number of epoxide rings is 1. The highest BCUT2D eigenvalue weighted by atomic mass is 16.6. The minimum atomic E-state index is -1.17. The number of carboxylic acid groups (broad SMARTS) is 2. The molecule has 0 amide bonds. The molecule has 0 aromatic heterocycles. The minimum absolute atomic E-state index is 0.0419. The number of carbonyl (C=O) groups is 3. The van der Waals surface area contributed by atoms with Crippen molar-refractivity contribution >= 4 is 17.9 Å². The van der Waals surface area contributed by atoms with Crippen LogP contribution in [0.1, 0.15) is 20.8 Å². The number of aliphatic carboxylic acids is 2. The number of carbonyl (C=O) groups excluding carboxylic acids is 1. The molecule has 0 aromatic carbocycles. The van der Waals surface area contributed by atoms with Crippen molar-refractivity contribution in [3.05, 3.63) is 46.6 Å². The van der Waals surface area contributed by atoms with E-state index in [-0.39, 0.29) is 35.0 Å². The van der Waals surface area contributed by atoms with Crippen molar-refractivity contribution in [3.63, 3.8) is 0 Å². The van der Waals surface area contributed by atoms with Crippen LogP contribution in [0.25, 0.3) is 0 Å². The predicted molar refractivity (Wildman–Crippen MR) is 85.3 cm³/mol. The summed E-state index contributed by atoms with van der Waals surface area (Å²) >= 11 is 0. The smallest absolute Gasteiger partial charge is 0.338 e. The monoisotopic (exact) mass is 336 g/mol. The van der Waals surface area contributed by atoms with Crippen LogP contribution in [0, 0.1) is 0 Å². The topological polar surface area (TPSA) is 113 Å². The van der Waals surface area contributed by atoms with Gasteiger partial charge in [0.1, 0.15) is 12.7 Å². The normalized spacial score (nSPS) is 17.5. The predicted octanol–water partition coefficient (Wildman–Crippen LogP) is 1.86. The summed E-state index contributed by atoms with van der Waals surface area (Å²) in [5.74, 6) is -3.02. The van der Waals surface area contributed by atoms with Crippen LogP contribution in [0.15, 0.2) is 46.6 Å². The van der Waals surface area contributed by atoms with Crippen molar-refractivity contribution in [3.8, 4) is 0 Å². The summed E-state index contributed by atoms with van der Waals surface area (Å²) in [6.07, 6.45) is 5.38. The second-order valence-corrected chi connectivity index (χ2v) is 5.19. The van der Waals surface area contributed by atoms with Gasteiger partial charge in [0.25, 0.3) is 0 Å². The van der Waals surface area contributed by atoms with Gasteiger partial charge in [0, 0.05) is 11.1 Å². The van der Waals surface area contributed by atoms with Gasteiger partial charge in [-0.25, -0.2) is 14.4 Å². The SMILES string of the molecule is CC=CC(C(=O)OCC1CO1)=C(C=C(C)C(=O)O)C=C(C)C(=O)O. The third-order valence-corrected chi connectivity index (χ3v) is 3.09. The summed E-state index contributed by atoms with van der Waals surface area (Å²) in [6.45, 7) is 5.00. The Balaban J connectivity index is 3.32. The first kappa shape index (κ1) is 19.4. The largest absolute Gasteiger partial charge is 0.478 e. The zero-order valence-corrected chi connectivity index (χ0v) is 13.7. The van der Waals surface area contributed by atoms with Crippen molar-refractivity contribution in [2.45, 2.75) is 26.9 Å². The van der Waals surface area contributed by atoms with Gasteiger partial charge < -0.3 is 19.7 Å². The average molecular weight is 336 g/mol. The van der Waals surface area contributed by atoms with E-state index >= 15 is 0 Å². The Kier molecular flexibility index (Phi) is 7.13. The lowest BCUT2D eigenvalue weighted by Gasteiger charge is -2.08. The molecule has 1 fully saturated rings. The summed E-state index contributed by atoms with van der Waals surface area (Å²) in [5, 5.41) is 18.1. The molecular weight excluding hydrogens is 316 g/mol. The van der Waals surface area contributed by atoms with Crippen LogP contribution in [-0.2, 0) is 23.9 Å². The van der Waals surface area contributed by atoms with E-state index in [4.69, 9.17) is 19.7 Å². The lowest BCUT2D eigenvalue weighted by atomic mass is 10.0. The van der Waals surface area contributed by atoms with Crippen LogP contribution >= 0.6 is 0 Å². The summed E-state index contributed by atoms with van der Waals surface area (Å²) < 4.78 is 10.1. The third kappa shape index (κ3) is 6.21. The van der Waals surface area contributed by atoms with E-state index in [1.807, 2.05) is 0 Å². The summed E-state index contributed by atoms with van der Waals surface area (Å²) in [5.41, 5.74) is 0.133. The van der Waals surface area contributed by atoms with Gasteiger partial charge in [0.05, 0.1) is 12.2 Å². The molecule has 7 nitrogen and oxygen atoms in total. The van der Waals surface area contributed by atoms with E-state index in [0.717, 1.165) is 0 Å². The van der Waals surface area contributed by atoms with Crippen molar-refractivity contribution < 1.29 is 34.1 Å². The van der Waals surface area contributed by atoms with Gasteiger partial charge in [-0.3, -0.25) is 0 Å². The fourth-order valence-corrected chi connectivity index (χ4v) is 1.65. The molecule has 1 unspecified atom stereocenters. The minimum Gasteiger partial charge on any atom is -0.478 e. The number of ether oxygens (including phenoxy) is 2. The van der Waals surface area contributed by atoms with Gasteiger partial charge in [-0.05, 0) is 38.5 Å². The van der Waals surface area contributed by atoms with Gasteiger partial charge >= 0.3 is 17.9 Å². The molecule has 0 aliphatic carbocycles. The molecule has 24 heavy (non-hydrogen) atoms. The standard InChI is InChI=1S/C17H20O7/c1-4-5-14(17(22)24-9-13-8-23-13)12(6-10(2)15(18)19)7-11(3)16(20)21/h4-7,13H,8-9H2,1-3H3,(H,18,19)(H,20,21). The Labute approximate surface area is 139 Å². The van der Waals surface area contributed by atoms with E-state index in [2.05, 4.69) is 0 Å². The van der Waals surface area contributed by atoms with Crippen LogP contribution in [-0.4, -0.2) is 47.4 Å². The van der Waals surface area contributed by atoms with Crippen LogP contribution in [0.4, 0.5) is 0 Å². The molecule has 0 aromatic rings. The Morgan fingerprint density at radius 3 is 2.00 bits per heavy atom. The first-order valence-corrected chi connectivity index (χ1v) is 7.25. The molecule has 0 bridgehead atoms. The molecule has 0 spiro atoms. The maximum absolute atomic E-state index is 12.3. The number of hydrogen-bond donors (Lipinski definition) is 2. The maximum atomic E-state index is 12.3. The molecule has 1 aliphatic heterocycles. The van der Waals surface area contributed by atoms with Gasteiger partial charge in [-0.2, -0.15) is 0 Å². The van der Waals surface area contributed by atoms with E-state index in [0.29, 0.717) is 6.61 Å². The van der Waals surface area contributed by atoms with Crippen LogP contribution in [0.5, 0.6) is 0 Å². The highest BCUT2D eigenvalue weighted by molar-refractivity contribution is 5.96. The molecule has 0 radical (unpaired) electrons. The lowest BCUT2D eigenvalue weighted by Crippen LogP contribution is -2.13. The second-order valence-electron chi connectivity index (χ2n) is 5.19. The molecule has 2 N–H and O–H groups in total. The number of rotatable bonds is 8. The first-order valence-electron chi connectivity index (χ1n) is 7.25. The number of carboxylic acids is 2. The fourth-order valence-electron chi connectivity index (χ4n) is 1.65. The van der Waals surface area contributed by atoms with Gasteiger partial charge in [0.15, 0.2) is 0 Å². The fraction of sp³-hybridized carbons (Fsp3) is 0.353. The maximum Gasteiger partial charge on any atom is 0.338 e. The molecule has 1 aliphatic rings. The van der Waals surface area contributed by atoms with Gasteiger partial charge in [0.2, 0.25) is 0 Å². The van der Waals surface area contributed by atoms with Crippen LogP contribution < -0.4 is 0 Å². The Morgan fingerprint density at radius 1 is 1.12 bits per heavy atom. The summed E-state index contributed by atoms with van der Waals surface area (Å²) in [4.78, 5) is 34.4. The molecule has 7 heteroatoms. The van der Waals surface area contributed by atoms with E-state index in [1.165, 1.54) is 32.1 Å². The van der Waals surface area contributed by atoms with Crippen LogP contribution in [0.3, 0.4) is 0 Å². The Hall–Kier alpha value is -2.67. The Morgan fingerprint density at radius 2 is 1.62 bits per heavy atom. The zero-order valence-electron chi connectivity index (χ0n) is 13.7. The molecule has 130 valence electrons. The molecule has 1 saturated heterocycles. The third-order valence-electron chi connectivity index (χ3n) is 3.09. The summed E-state index contributed by atoms with van der Waals surface area (Å²) in [6, 6.07) is 0. The zero-order chi connectivity index (χ0) is 18.3. The molecule has 1 atom stereocenters. The van der Waals surface area contributed by atoms with Crippen molar-refractivity contribution in [2.24, 2.45) is 0 Å². The second kappa shape index (κ2) is 8.83. The number of allylic oxidation sites excluding steroid dienone is 4. The highest BCUT2D eigenvalue weighted by Gasteiger charge is 2.25. The summed E-state index contributed by atoms with van der Waals surface area (Å²) in [7, 11) is 0. The number of hydrogen-bond acceptors (Lipinski definition) is 5. The van der Waals surface area contributed by atoms with Crippen molar-refractivity contribution in [2.75, 3.05) is 13.2 Å². The first-order chi connectivity index (χ1) is 11.3. The van der Waals surface area contributed by atoms with Crippen molar-refractivity contribution in [1.82, 2.24) is 0 Å². The van der Waals surface area contributed by atoms with E-state index < -0.39 is 17.9 Å². The molecular formula is C17H20O7. The van der Waals surface area contributed by atoms with Crippen molar-refractivity contribution in [1.29, 1.82) is 0 Å². The van der Waals surface area contributed by atoms with Gasteiger partial charge in [-0.15, -0.1) is 0 Å². The van der Waals surface area contributed by atoms with Crippen LogP contribution in [0.2, 0.25) is 0 Å². The lowest BCUT2D eigenvalue weighted by molar-refractivity contribution is -0.139. The molecule has 1 rings (SSSR count). The van der Waals surface area contributed by atoms with E-state index in [1.54, 1.807) is 13.0 Å². The molecule has 1 heterocycles. The quantitative estimate of drug-likeness (QED) is 0.301. The van der Waals surface area contributed by atoms with Gasteiger partial charge in [-0.1, -0.05) is 12.2 Å².